The van der Waals surface area contributed by atoms with Crippen LogP contribution in [0.4, 0.5) is 0 Å². The molecule has 2 rings (SSSR count). The van der Waals surface area contributed by atoms with Gasteiger partial charge in [-0.15, -0.1) is 0 Å². The summed E-state index contributed by atoms with van der Waals surface area (Å²) in [6.45, 7) is 7.98. The molecule has 5 nitrogen and oxygen atoms in total. The van der Waals surface area contributed by atoms with Gasteiger partial charge in [-0.05, 0) is 27.7 Å². The smallest absolute Gasteiger partial charge is 0.399 e. The summed E-state index contributed by atoms with van der Waals surface area (Å²) in [5.41, 5.74) is 0.664. The van der Waals surface area contributed by atoms with E-state index in [2.05, 4.69) is 9.97 Å². The largest absolute Gasteiger partial charge is 0.498 e. The first-order valence-electron chi connectivity index (χ1n) is 6.17. The molecule has 19 heavy (non-hydrogen) atoms. The first-order chi connectivity index (χ1) is 8.73. The van der Waals surface area contributed by atoms with Crippen LogP contribution in [0, 0.1) is 0 Å². The molecular weight excluding hydrogens is 263 g/mol. The Kier molecular flexibility index (Phi) is 3.82. The Morgan fingerprint density at radius 2 is 1.84 bits per heavy atom. The summed E-state index contributed by atoms with van der Waals surface area (Å²) in [6, 6.07) is 0. The predicted molar refractivity (Wildman–Crippen MR) is 75.5 cm³/mol. The van der Waals surface area contributed by atoms with Gasteiger partial charge in [-0.2, -0.15) is 0 Å². The van der Waals surface area contributed by atoms with E-state index in [1.54, 1.807) is 12.5 Å². The van der Waals surface area contributed by atoms with Gasteiger partial charge in [0.05, 0.1) is 22.6 Å². The minimum atomic E-state index is -0.967. The average molecular weight is 282 g/mol. The van der Waals surface area contributed by atoms with Gasteiger partial charge in [0, 0.05) is 28.7 Å². The molecule has 1 aromatic rings. The molecule has 1 fully saturated rings. The summed E-state index contributed by atoms with van der Waals surface area (Å²) in [7, 11) is -1.48. The Balaban J connectivity index is 2.32. The van der Waals surface area contributed by atoms with Crippen molar-refractivity contribution in [2.75, 3.05) is 6.26 Å². The van der Waals surface area contributed by atoms with Gasteiger partial charge in [-0.25, -0.2) is 9.97 Å². The fourth-order valence-electron chi connectivity index (χ4n) is 1.85. The number of rotatable bonds is 3. The van der Waals surface area contributed by atoms with Crippen LogP contribution in [0.5, 0.6) is 0 Å². The average Bonchev–Trinajstić information content (AvgIpc) is 2.48. The maximum atomic E-state index is 11.4. The molecule has 104 valence electrons. The zero-order chi connectivity index (χ0) is 14.3. The molecule has 1 atom stereocenters. The van der Waals surface area contributed by atoms with Gasteiger partial charge in [0.15, 0.2) is 0 Å². The second-order valence-corrected chi connectivity index (χ2v) is 7.17. The van der Waals surface area contributed by atoms with Gasteiger partial charge < -0.3 is 9.31 Å². The number of hydrogen-bond donors (Lipinski definition) is 0. The number of nitrogens with zero attached hydrogens (tertiary/aromatic N) is 2. The lowest BCUT2D eigenvalue weighted by atomic mass is 9.79. The summed E-state index contributed by atoms with van der Waals surface area (Å²) in [5.74, 6) is 0.377. The van der Waals surface area contributed by atoms with E-state index in [-0.39, 0.29) is 0 Å². The first-order valence-corrected chi connectivity index (χ1v) is 7.90. The Morgan fingerprint density at radius 1 is 1.26 bits per heavy atom. The van der Waals surface area contributed by atoms with Crippen LogP contribution in [0.2, 0.25) is 0 Å². The molecule has 1 aromatic heterocycles. The third-order valence-electron chi connectivity index (χ3n) is 3.67. The molecule has 0 N–H and O–H groups in total. The van der Waals surface area contributed by atoms with Gasteiger partial charge in [0.2, 0.25) is 0 Å². The normalized spacial score (nSPS) is 22.5. The fraction of sp³-hybridized carbons (Fsp3) is 0.667. The zero-order valence-corrected chi connectivity index (χ0v) is 12.8. The summed E-state index contributed by atoms with van der Waals surface area (Å²) in [4.78, 5) is 8.22. The lowest BCUT2D eigenvalue weighted by Gasteiger charge is -2.32. The van der Waals surface area contributed by atoms with Crippen molar-refractivity contribution in [2.45, 2.75) is 44.6 Å². The molecule has 1 unspecified atom stereocenters. The molecule has 0 amide bonds. The Hall–Kier alpha value is -0.785. The van der Waals surface area contributed by atoms with E-state index in [1.807, 2.05) is 27.7 Å². The Morgan fingerprint density at radius 3 is 2.37 bits per heavy atom. The summed E-state index contributed by atoms with van der Waals surface area (Å²) in [6.07, 6.45) is 4.78. The second kappa shape index (κ2) is 4.96. The highest BCUT2D eigenvalue weighted by Gasteiger charge is 2.52. The summed E-state index contributed by atoms with van der Waals surface area (Å²) >= 11 is 0. The predicted octanol–water partition coefficient (Wildman–Crippen LogP) is 0.654. The van der Waals surface area contributed by atoms with Crippen LogP contribution in [-0.2, 0) is 25.9 Å². The quantitative estimate of drug-likeness (QED) is 0.762. The molecular formula is C12H19BN2O3S. The summed E-state index contributed by atoms with van der Waals surface area (Å²) < 4.78 is 23.3. The van der Waals surface area contributed by atoms with Crippen LogP contribution in [0.3, 0.4) is 0 Å². The molecule has 2 heterocycles. The van der Waals surface area contributed by atoms with E-state index < -0.39 is 29.1 Å². The third-order valence-corrected chi connectivity index (χ3v) is 4.35. The van der Waals surface area contributed by atoms with Crippen LogP contribution in [0.25, 0.3) is 0 Å². The van der Waals surface area contributed by atoms with Crippen molar-refractivity contribution in [2.24, 2.45) is 0 Å². The highest BCUT2D eigenvalue weighted by atomic mass is 32.2. The van der Waals surface area contributed by atoms with Gasteiger partial charge in [-0.1, -0.05) is 0 Å². The molecule has 1 saturated heterocycles. The van der Waals surface area contributed by atoms with Gasteiger partial charge in [0.25, 0.3) is 0 Å². The van der Waals surface area contributed by atoms with Crippen molar-refractivity contribution < 1.29 is 13.5 Å². The molecule has 1 aliphatic rings. The minimum absolute atomic E-state index is 0.377. The molecule has 0 saturated carbocycles. The highest BCUT2D eigenvalue weighted by molar-refractivity contribution is 7.83. The van der Waals surface area contributed by atoms with Crippen LogP contribution >= 0.6 is 0 Å². The summed E-state index contributed by atoms with van der Waals surface area (Å²) in [5, 5.41) is 0. The van der Waals surface area contributed by atoms with Crippen molar-refractivity contribution in [3.8, 4) is 0 Å². The minimum Gasteiger partial charge on any atom is -0.399 e. The topological polar surface area (TPSA) is 61.3 Å². The molecule has 0 aliphatic carbocycles. The van der Waals surface area contributed by atoms with E-state index in [1.165, 1.54) is 6.33 Å². The third kappa shape index (κ3) is 2.88. The van der Waals surface area contributed by atoms with Crippen molar-refractivity contribution in [3.05, 3.63) is 18.2 Å². The van der Waals surface area contributed by atoms with Crippen LogP contribution < -0.4 is 5.46 Å². The SMILES string of the molecule is CS(=O)Cc1ncncc1B1OC(C)(C)C(C)(C)O1. The second-order valence-electron chi connectivity index (χ2n) is 5.73. The van der Waals surface area contributed by atoms with Crippen molar-refractivity contribution in [1.82, 2.24) is 9.97 Å². The number of aromatic nitrogens is 2. The molecule has 0 radical (unpaired) electrons. The maximum Gasteiger partial charge on any atom is 0.498 e. The highest BCUT2D eigenvalue weighted by Crippen LogP contribution is 2.36. The first kappa shape index (κ1) is 14.6. The molecule has 0 spiro atoms. The van der Waals surface area contributed by atoms with Crippen LogP contribution in [0.15, 0.2) is 12.5 Å². The van der Waals surface area contributed by atoms with E-state index in [9.17, 15) is 4.21 Å². The van der Waals surface area contributed by atoms with E-state index in [0.29, 0.717) is 11.4 Å². The van der Waals surface area contributed by atoms with Crippen molar-refractivity contribution in [1.29, 1.82) is 0 Å². The van der Waals surface area contributed by atoms with Gasteiger partial charge in [0.1, 0.15) is 6.33 Å². The molecule has 1 aliphatic heterocycles. The van der Waals surface area contributed by atoms with E-state index in [4.69, 9.17) is 9.31 Å². The van der Waals surface area contributed by atoms with E-state index in [0.717, 1.165) is 5.46 Å². The maximum absolute atomic E-state index is 11.4. The van der Waals surface area contributed by atoms with Gasteiger partial charge in [-0.3, -0.25) is 4.21 Å². The van der Waals surface area contributed by atoms with Gasteiger partial charge >= 0.3 is 7.12 Å². The standard InChI is InChI=1S/C12H19BN2O3S/c1-11(2)12(3,4)18-13(17-11)9-6-14-8-15-10(9)7-19(5)16/h6,8H,7H2,1-5H3. The van der Waals surface area contributed by atoms with Crippen molar-refractivity contribution >= 4 is 23.4 Å². The van der Waals surface area contributed by atoms with Crippen LogP contribution in [0.1, 0.15) is 33.4 Å². The molecule has 0 aromatic carbocycles. The molecule has 7 heteroatoms. The zero-order valence-electron chi connectivity index (χ0n) is 12.0. The fourth-order valence-corrected chi connectivity index (χ4v) is 2.47. The molecule has 0 bridgehead atoms. The Labute approximate surface area is 116 Å². The monoisotopic (exact) mass is 282 g/mol. The lowest BCUT2D eigenvalue weighted by molar-refractivity contribution is 0.00578. The Bertz CT molecular complexity index is 492. The van der Waals surface area contributed by atoms with E-state index >= 15 is 0 Å². The number of hydrogen-bond acceptors (Lipinski definition) is 5. The van der Waals surface area contributed by atoms with Crippen molar-refractivity contribution in [3.63, 3.8) is 0 Å². The van der Waals surface area contributed by atoms with Crippen LogP contribution in [-0.4, -0.2) is 38.8 Å². The lowest BCUT2D eigenvalue weighted by Crippen LogP contribution is -2.41.